The van der Waals surface area contributed by atoms with Gasteiger partial charge < -0.3 is 0 Å². The van der Waals surface area contributed by atoms with Gasteiger partial charge in [-0.15, -0.1) is 0 Å². The van der Waals surface area contributed by atoms with Gasteiger partial charge in [0.15, 0.2) is 0 Å². The second kappa shape index (κ2) is 9.19. The lowest BCUT2D eigenvalue weighted by Gasteiger charge is -2.00. The van der Waals surface area contributed by atoms with E-state index in [1.54, 1.807) is 0 Å². The van der Waals surface area contributed by atoms with Gasteiger partial charge in [0.05, 0.1) is 0 Å². The van der Waals surface area contributed by atoms with Crippen LogP contribution in [-0.2, 0) is 13.5 Å². The van der Waals surface area contributed by atoms with Crippen LogP contribution in [0.3, 0.4) is 0 Å². The molecule has 0 unspecified atom stereocenters. The van der Waals surface area contributed by atoms with Gasteiger partial charge in [-0.3, -0.25) is 0 Å². The van der Waals surface area contributed by atoms with Crippen molar-refractivity contribution in [3.05, 3.63) is 29.3 Å². The van der Waals surface area contributed by atoms with Gasteiger partial charge in [-0.2, -0.15) is 4.57 Å². The second-order valence-electron chi connectivity index (χ2n) is 6.10. The molecule has 0 fully saturated rings. The van der Waals surface area contributed by atoms with E-state index in [2.05, 4.69) is 42.8 Å². The number of benzene rings is 1. The molecule has 0 N–H and O–H groups in total. The third kappa shape index (κ3) is 5.10. The van der Waals surface area contributed by atoms with Crippen molar-refractivity contribution in [2.75, 3.05) is 0 Å². The number of aryl methyl sites for hydroxylation is 2. The fourth-order valence-electron chi connectivity index (χ4n) is 2.96. The van der Waals surface area contributed by atoms with Crippen molar-refractivity contribution in [3.8, 4) is 0 Å². The van der Waals surface area contributed by atoms with E-state index in [1.807, 2.05) is 11.3 Å². The minimum Gasteiger partial charge on any atom is -0.189 e. The summed E-state index contributed by atoms with van der Waals surface area (Å²) in [7, 11) is 2.21. The van der Waals surface area contributed by atoms with Crippen LogP contribution in [0.15, 0.2) is 24.3 Å². The second-order valence-corrected chi connectivity index (χ2v) is 7.22. The Kier molecular flexibility index (Phi) is 7.21. The average molecular weight is 305 g/mol. The summed E-state index contributed by atoms with van der Waals surface area (Å²) in [6.45, 7) is 2.29. The molecule has 0 aliphatic rings. The molecule has 0 aliphatic heterocycles. The number of rotatable bonds is 10. The number of hydrogen-bond donors (Lipinski definition) is 0. The summed E-state index contributed by atoms with van der Waals surface area (Å²) in [4.78, 5) is 0. The highest BCUT2D eigenvalue weighted by molar-refractivity contribution is 7.18. The first-order valence-electron chi connectivity index (χ1n) is 8.69. The monoisotopic (exact) mass is 304 g/mol. The van der Waals surface area contributed by atoms with Gasteiger partial charge in [0.1, 0.15) is 11.7 Å². The number of aromatic nitrogens is 1. The molecule has 2 rings (SSSR count). The molecule has 2 heteroatoms. The van der Waals surface area contributed by atoms with Gasteiger partial charge in [-0.25, -0.2) is 0 Å². The number of nitrogens with zero attached hydrogens (tertiary/aromatic N) is 1. The van der Waals surface area contributed by atoms with Crippen molar-refractivity contribution in [3.63, 3.8) is 0 Å². The minimum absolute atomic E-state index is 1.24. The van der Waals surface area contributed by atoms with E-state index in [0.29, 0.717) is 0 Å². The van der Waals surface area contributed by atoms with Crippen LogP contribution in [0.1, 0.15) is 69.7 Å². The fourth-order valence-corrected chi connectivity index (χ4v) is 4.15. The quantitative estimate of drug-likeness (QED) is 0.386. The largest absolute Gasteiger partial charge is 0.238 e. The van der Waals surface area contributed by atoms with E-state index in [-0.39, 0.29) is 0 Å². The van der Waals surface area contributed by atoms with Crippen LogP contribution in [0.5, 0.6) is 0 Å². The van der Waals surface area contributed by atoms with Gasteiger partial charge >= 0.3 is 0 Å². The molecular formula is C19H30NS+. The topological polar surface area (TPSA) is 3.88 Å². The van der Waals surface area contributed by atoms with Crippen LogP contribution in [0.2, 0.25) is 0 Å². The van der Waals surface area contributed by atoms with Crippen LogP contribution in [-0.4, -0.2) is 0 Å². The Labute approximate surface area is 134 Å². The molecule has 21 heavy (non-hydrogen) atoms. The maximum atomic E-state index is 2.38. The highest BCUT2D eigenvalue weighted by atomic mass is 32.1. The van der Waals surface area contributed by atoms with Gasteiger partial charge in [-0.1, -0.05) is 81.8 Å². The predicted molar refractivity (Wildman–Crippen MR) is 93.9 cm³/mol. The lowest BCUT2D eigenvalue weighted by Crippen LogP contribution is -2.30. The van der Waals surface area contributed by atoms with Crippen LogP contribution in [0.25, 0.3) is 10.2 Å². The Bertz CT molecular complexity index is 529. The summed E-state index contributed by atoms with van der Waals surface area (Å²) in [5.74, 6) is 0. The highest BCUT2D eigenvalue weighted by Gasteiger charge is 2.15. The molecule has 0 bridgehead atoms. The Morgan fingerprint density at radius 3 is 2.14 bits per heavy atom. The highest BCUT2D eigenvalue weighted by Crippen LogP contribution is 2.21. The molecule has 2 aromatic rings. The van der Waals surface area contributed by atoms with Crippen molar-refractivity contribution < 1.29 is 4.57 Å². The Hall–Kier alpha value is -0.890. The van der Waals surface area contributed by atoms with Crippen LogP contribution in [0, 0.1) is 0 Å². The molecular weight excluding hydrogens is 274 g/mol. The third-order valence-electron chi connectivity index (χ3n) is 4.32. The first kappa shape index (κ1) is 16.5. The van der Waals surface area contributed by atoms with Crippen LogP contribution >= 0.6 is 11.3 Å². The maximum Gasteiger partial charge on any atom is 0.238 e. The van der Waals surface area contributed by atoms with Gasteiger partial charge in [0.25, 0.3) is 0 Å². The van der Waals surface area contributed by atoms with Crippen molar-refractivity contribution in [2.24, 2.45) is 7.05 Å². The standard InChI is InChI=1S/C19H30NS/c1-3-4-5-6-7-8-9-10-11-16-19-20(2)17-14-12-13-15-18(17)21-19/h12-15H,3-11,16H2,1-2H3/q+1. The fraction of sp³-hybridized carbons (Fsp3) is 0.632. The first-order valence-corrected chi connectivity index (χ1v) is 9.51. The molecule has 1 aromatic heterocycles. The molecule has 0 atom stereocenters. The van der Waals surface area contributed by atoms with E-state index in [1.165, 1.54) is 79.4 Å². The van der Waals surface area contributed by atoms with E-state index in [9.17, 15) is 0 Å². The molecule has 0 radical (unpaired) electrons. The SMILES string of the molecule is CCCCCCCCCCCc1sc2ccccc2[n+]1C. The zero-order valence-electron chi connectivity index (χ0n) is 13.7. The Balaban J connectivity index is 1.63. The minimum atomic E-state index is 1.24. The van der Waals surface area contributed by atoms with Gasteiger partial charge in [-0.05, 0) is 12.5 Å². The normalized spacial score (nSPS) is 11.3. The lowest BCUT2D eigenvalue weighted by atomic mass is 10.1. The number of para-hydroxylation sites is 1. The van der Waals surface area contributed by atoms with Gasteiger partial charge in [0, 0.05) is 12.5 Å². The molecule has 1 heterocycles. The molecule has 0 aliphatic carbocycles. The first-order chi connectivity index (χ1) is 10.3. The average Bonchev–Trinajstić information content (AvgIpc) is 2.83. The summed E-state index contributed by atoms with van der Waals surface area (Å²) in [6, 6.07) is 8.74. The van der Waals surface area contributed by atoms with Crippen LogP contribution < -0.4 is 4.57 Å². The lowest BCUT2D eigenvalue weighted by molar-refractivity contribution is -0.648. The molecule has 0 spiro atoms. The van der Waals surface area contributed by atoms with E-state index in [0.717, 1.165) is 0 Å². The number of thiazole rings is 1. The molecule has 1 aromatic carbocycles. The van der Waals surface area contributed by atoms with Crippen LogP contribution in [0.4, 0.5) is 0 Å². The predicted octanol–water partition coefficient (Wildman–Crippen LogP) is 5.80. The molecule has 0 amide bonds. The number of hydrogen-bond acceptors (Lipinski definition) is 1. The number of unbranched alkanes of at least 4 members (excludes halogenated alkanes) is 8. The smallest absolute Gasteiger partial charge is 0.189 e. The van der Waals surface area contributed by atoms with E-state index in [4.69, 9.17) is 0 Å². The van der Waals surface area contributed by atoms with Crippen molar-refractivity contribution in [1.29, 1.82) is 0 Å². The molecule has 0 saturated heterocycles. The van der Waals surface area contributed by atoms with E-state index < -0.39 is 0 Å². The third-order valence-corrected chi connectivity index (χ3v) is 5.60. The molecule has 1 nitrogen and oxygen atoms in total. The zero-order chi connectivity index (χ0) is 14.9. The van der Waals surface area contributed by atoms with Crippen molar-refractivity contribution in [2.45, 2.75) is 71.1 Å². The van der Waals surface area contributed by atoms with Crippen molar-refractivity contribution in [1.82, 2.24) is 0 Å². The summed E-state index contributed by atoms with van der Waals surface area (Å²) in [5.41, 5.74) is 1.38. The number of fused-ring (bicyclic) bond motifs is 1. The van der Waals surface area contributed by atoms with E-state index >= 15 is 0 Å². The zero-order valence-corrected chi connectivity index (χ0v) is 14.6. The van der Waals surface area contributed by atoms with Gasteiger partial charge in [0.2, 0.25) is 10.5 Å². The Morgan fingerprint density at radius 1 is 0.857 bits per heavy atom. The summed E-state index contributed by atoms with van der Waals surface area (Å²) < 4.78 is 3.80. The molecule has 0 saturated carbocycles. The molecule has 116 valence electrons. The van der Waals surface area contributed by atoms with Crippen molar-refractivity contribution >= 4 is 21.6 Å². The summed E-state index contributed by atoms with van der Waals surface area (Å²) >= 11 is 1.96. The maximum absolute atomic E-state index is 2.38. The Morgan fingerprint density at radius 2 is 1.48 bits per heavy atom. The summed E-state index contributed by atoms with van der Waals surface area (Å²) in [6.07, 6.45) is 13.9. The summed E-state index contributed by atoms with van der Waals surface area (Å²) in [5, 5.41) is 1.53.